The number of ketones is 2. The standard InChI is InChI=1S/C30H25NO6/c1-36-29-15-19(9-13-27(29)34)7-11-25(32)23(17-21-18-31-24-6-4-3-5-22(21)24)26(33)12-8-20-10-14-28(35)30(16-20)37-2/h3-18,31,34-35H,1-2H3/b11-7+,12-8+. The van der Waals surface area contributed by atoms with Crippen LogP contribution in [-0.2, 0) is 9.59 Å². The second kappa shape index (κ2) is 11.1. The third kappa shape index (κ3) is 5.79. The van der Waals surface area contributed by atoms with Crippen LogP contribution in [0.1, 0.15) is 16.7 Å². The van der Waals surface area contributed by atoms with Gasteiger partial charge in [-0.15, -0.1) is 0 Å². The van der Waals surface area contributed by atoms with E-state index in [4.69, 9.17) is 9.47 Å². The summed E-state index contributed by atoms with van der Waals surface area (Å²) in [5.41, 5.74) is 2.79. The smallest absolute Gasteiger partial charge is 0.189 e. The Morgan fingerprint density at radius 1 is 0.784 bits per heavy atom. The van der Waals surface area contributed by atoms with Crippen LogP contribution >= 0.6 is 0 Å². The number of phenols is 2. The molecule has 0 aliphatic carbocycles. The van der Waals surface area contributed by atoms with Crippen LogP contribution in [0.5, 0.6) is 23.0 Å². The number of rotatable bonds is 9. The number of carbonyl (C=O) groups excluding carboxylic acids is 2. The molecule has 0 saturated carbocycles. The van der Waals surface area contributed by atoms with E-state index in [1.54, 1.807) is 48.7 Å². The topological polar surface area (TPSA) is 109 Å². The molecule has 1 heterocycles. The van der Waals surface area contributed by atoms with Crippen molar-refractivity contribution in [3.05, 3.63) is 101 Å². The normalized spacial score (nSPS) is 11.2. The molecule has 7 heteroatoms. The Labute approximate surface area is 213 Å². The highest BCUT2D eigenvalue weighted by Gasteiger charge is 2.16. The summed E-state index contributed by atoms with van der Waals surface area (Å²) in [6.07, 6.45) is 9.02. The third-order valence-corrected chi connectivity index (χ3v) is 5.71. The number of benzene rings is 3. The van der Waals surface area contributed by atoms with Gasteiger partial charge in [-0.2, -0.15) is 0 Å². The number of phenolic OH excluding ortho intramolecular Hbond substituents is 2. The van der Waals surface area contributed by atoms with Gasteiger partial charge in [-0.05, 0) is 59.7 Å². The van der Waals surface area contributed by atoms with E-state index in [0.29, 0.717) is 16.7 Å². The maximum atomic E-state index is 13.2. The summed E-state index contributed by atoms with van der Waals surface area (Å²) in [5, 5.41) is 20.5. The Morgan fingerprint density at radius 3 is 1.86 bits per heavy atom. The number of H-pyrrole nitrogens is 1. The van der Waals surface area contributed by atoms with Crippen molar-refractivity contribution < 1.29 is 29.3 Å². The highest BCUT2D eigenvalue weighted by molar-refractivity contribution is 6.31. The molecule has 0 bridgehead atoms. The highest BCUT2D eigenvalue weighted by Crippen LogP contribution is 2.28. The molecule has 0 atom stereocenters. The van der Waals surface area contributed by atoms with Crippen LogP contribution in [0.25, 0.3) is 29.1 Å². The molecule has 0 aliphatic rings. The lowest BCUT2D eigenvalue weighted by Gasteiger charge is -2.05. The number of aromatic amines is 1. The van der Waals surface area contributed by atoms with Crippen LogP contribution in [0.4, 0.5) is 0 Å². The zero-order chi connectivity index (χ0) is 26.4. The first-order chi connectivity index (χ1) is 17.9. The Bertz CT molecular complexity index is 1480. The Kier molecular flexibility index (Phi) is 7.54. The first kappa shape index (κ1) is 25.1. The fourth-order valence-electron chi connectivity index (χ4n) is 3.75. The van der Waals surface area contributed by atoms with Gasteiger partial charge in [-0.1, -0.05) is 42.5 Å². The quantitative estimate of drug-likeness (QED) is 0.160. The van der Waals surface area contributed by atoms with E-state index in [1.807, 2.05) is 24.3 Å². The molecule has 0 aliphatic heterocycles. The number of fused-ring (bicyclic) bond motifs is 1. The summed E-state index contributed by atoms with van der Waals surface area (Å²) in [4.78, 5) is 29.6. The molecule has 0 fully saturated rings. The van der Waals surface area contributed by atoms with Gasteiger partial charge in [0.1, 0.15) is 0 Å². The second-order valence-corrected chi connectivity index (χ2v) is 8.11. The molecule has 4 aromatic rings. The first-order valence-electron chi connectivity index (χ1n) is 11.4. The van der Waals surface area contributed by atoms with Gasteiger partial charge in [0.15, 0.2) is 34.6 Å². The second-order valence-electron chi connectivity index (χ2n) is 8.11. The summed E-state index contributed by atoms with van der Waals surface area (Å²) >= 11 is 0. The van der Waals surface area contributed by atoms with Gasteiger partial charge in [0, 0.05) is 22.7 Å². The molecule has 0 amide bonds. The van der Waals surface area contributed by atoms with E-state index in [-0.39, 0.29) is 28.6 Å². The number of hydrogen-bond acceptors (Lipinski definition) is 6. The zero-order valence-corrected chi connectivity index (χ0v) is 20.3. The maximum absolute atomic E-state index is 13.2. The van der Waals surface area contributed by atoms with Gasteiger partial charge in [0.05, 0.1) is 19.8 Å². The molecular formula is C30H25NO6. The molecule has 0 radical (unpaired) electrons. The number of nitrogens with one attached hydrogen (secondary N) is 1. The van der Waals surface area contributed by atoms with Crippen LogP contribution < -0.4 is 9.47 Å². The van der Waals surface area contributed by atoms with E-state index in [1.165, 1.54) is 38.5 Å². The molecule has 0 spiro atoms. The largest absolute Gasteiger partial charge is 0.504 e. The van der Waals surface area contributed by atoms with E-state index >= 15 is 0 Å². The lowest BCUT2D eigenvalue weighted by molar-refractivity contribution is -0.116. The average molecular weight is 496 g/mol. The fraction of sp³-hybridized carbons (Fsp3) is 0.0667. The molecule has 7 nitrogen and oxygen atoms in total. The van der Waals surface area contributed by atoms with Crippen molar-refractivity contribution in [2.45, 2.75) is 0 Å². The summed E-state index contributed by atoms with van der Waals surface area (Å²) in [6, 6.07) is 16.9. The van der Waals surface area contributed by atoms with Crippen LogP contribution in [0.3, 0.4) is 0 Å². The van der Waals surface area contributed by atoms with Gasteiger partial charge in [0.2, 0.25) is 0 Å². The predicted octanol–water partition coefficient (Wildman–Crippen LogP) is 5.54. The molecule has 186 valence electrons. The Morgan fingerprint density at radius 2 is 1.32 bits per heavy atom. The lowest BCUT2D eigenvalue weighted by atomic mass is 10.0. The van der Waals surface area contributed by atoms with E-state index < -0.39 is 11.6 Å². The van der Waals surface area contributed by atoms with E-state index in [9.17, 15) is 19.8 Å². The van der Waals surface area contributed by atoms with Crippen LogP contribution in [0, 0.1) is 0 Å². The monoisotopic (exact) mass is 495 g/mol. The zero-order valence-electron chi connectivity index (χ0n) is 20.3. The van der Waals surface area contributed by atoms with Crippen LogP contribution in [0.15, 0.2) is 84.6 Å². The molecule has 4 rings (SSSR count). The van der Waals surface area contributed by atoms with Crippen molar-refractivity contribution in [3.8, 4) is 23.0 Å². The SMILES string of the molecule is COc1cc(/C=C/C(=O)C(=Cc2c[nH]c3ccccc23)C(=O)/C=C/c2ccc(O)c(OC)c2)ccc1O. The number of methoxy groups -OCH3 is 2. The summed E-state index contributed by atoms with van der Waals surface area (Å²) < 4.78 is 10.2. The van der Waals surface area contributed by atoms with Crippen LogP contribution in [-0.4, -0.2) is 41.0 Å². The number of aromatic nitrogens is 1. The Balaban J connectivity index is 1.69. The molecule has 3 N–H and O–H groups in total. The average Bonchev–Trinajstić information content (AvgIpc) is 3.33. The van der Waals surface area contributed by atoms with Crippen molar-refractivity contribution in [2.24, 2.45) is 0 Å². The molecular weight excluding hydrogens is 470 g/mol. The minimum absolute atomic E-state index is 0.0166. The number of ether oxygens (including phenoxy) is 2. The van der Waals surface area contributed by atoms with Crippen molar-refractivity contribution >= 4 is 40.7 Å². The third-order valence-electron chi connectivity index (χ3n) is 5.71. The molecule has 0 saturated heterocycles. The number of carbonyl (C=O) groups is 2. The first-order valence-corrected chi connectivity index (χ1v) is 11.4. The van der Waals surface area contributed by atoms with E-state index in [0.717, 1.165) is 10.9 Å². The van der Waals surface area contributed by atoms with Gasteiger partial charge in [-0.25, -0.2) is 0 Å². The molecule has 3 aromatic carbocycles. The number of allylic oxidation sites excluding steroid dienone is 3. The number of para-hydroxylation sites is 1. The summed E-state index contributed by atoms with van der Waals surface area (Å²) in [7, 11) is 2.87. The number of aromatic hydroxyl groups is 2. The van der Waals surface area contributed by atoms with Crippen molar-refractivity contribution in [1.82, 2.24) is 4.98 Å². The van der Waals surface area contributed by atoms with Gasteiger partial charge < -0.3 is 24.7 Å². The fourth-order valence-corrected chi connectivity index (χ4v) is 3.75. The van der Waals surface area contributed by atoms with Gasteiger partial charge >= 0.3 is 0 Å². The van der Waals surface area contributed by atoms with Crippen molar-refractivity contribution in [3.63, 3.8) is 0 Å². The molecule has 0 unspecified atom stereocenters. The summed E-state index contributed by atoms with van der Waals surface area (Å²) in [5.74, 6) is -0.473. The molecule has 1 aromatic heterocycles. The van der Waals surface area contributed by atoms with Gasteiger partial charge in [0.25, 0.3) is 0 Å². The van der Waals surface area contributed by atoms with Crippen LogP contribution in [0.2, 0.25) is 0 Å². The van der Waals surface area contributed by atoms with Gasteiger partial charge in [-0.3, -0.25) is 9.59 Å². The highest BCUT2D eigenvalue weighted by atomic mass is 16.5. The maximum Gasteiger partial charge on any atom is 0.189 e. The molecule has 37 heavy (non-hydrogen) atoms. The van der Waals surface area contributed by atoms with E-state index in [2.05, 4.69) is 4.98 Å². The van der Waals surface area contributed by atoms with Crippen molar-refractivity contribution in [2.75, 3.05) is 14.2 Å². The predicted molar refractivity (Wildman–Crippen MR) is 144 cm³/mol. The lowest BCUT2D eigenvalue weighted by Crippen LogP contribution is -2.08. The minimum Gasteiger partial charge on any atom is -0.504 e. The minimum atomic E-state index is -0.491. The number of hydrogen-bond donors (Lipinski definition) is 3. The Hall–Kier alpha value is -5.04. The summed E-state index contributed by atoms with van der Waals surface area (Å²) in [6.45, 7) is 0. The van der Waals surface area contributed by atoms with Crippen molar-refractivity contribution in [1.29, 1.82) is 0 Å².